The third-order valence-electron chi connectivity index (χ3n) is 4.75. The van der Waals surface area contributed by atoms with Gasteiger partial charge < -0.3 is 0 Å². The van der Waals surface area contributed by atoms with E-state index in [0.717, 1.165) is 16.7 Å². The molecule has 0 bridgehead atoms. The predicted molar refractivity (Wildman–Crippen MR) is 114 cm³/mol. The fourth-order valence-corrected chi connectivity index (χ4v) is 5.00. The maximum absolute atomic E-state index is 13.9. The van der Waals surface area contributed by atoms with E-state index in [0.29, 0.717) is 0 Å². The van der Waals surface area contributed by atoms with Gasteiger partial charge >= 0.3 is 0 Å². The van der Waals surface area contributed by atoms with Crippen LogP contribution in [0.3, 0.4) is 0 Å². The minimum atomic E-state index is -4.62. The Morgan fingerprint density at radius 3 is 0.897 bits per heavy atom. The second-order valence-electron chi connectivity index (χ2n) is 7.12. The maximum atomic E-state index is 13.9. The van der Waals surface area contributed by atoms with Gasteiger partial charge in [0.2, 0.25) is 16.6 Å². The van der Waals surface area contributed by atoms with Gasteiger partial charge in [-0.1, -0.05) is 89.5 Å². The van der Waals surface area contributed by atoms with Gasteiger partial charge in [0.25, 0.3) is 7.14 Å². The molecule has 4 nitrogen and oxygen atoms in total. The van der Waals surface area contributed by atoms with Gasteiger partial charge in [-0.25, -0.2) is 0 Å². The second-order valence-corrected chi connectivity index (χ2v) is 9.56. The highest BCUT2D eigenvalue weighted by Gasteiger charge is 2.48. The van der Waals surface area contributed by atoms with Crippen molar-refractivity contribution in [2.75, 3.05) is 0 Å². The zero-order valence-electron chi connectivity index (χ0n) is 16.5. The smallest absolute Gasteiger partial charge is 0.287 e. The fourth-order valence-electron chi connectivity index (χ4n) is 2.91. The van der Waals surface area contributed by atoms with E-state index in [4.69, 9.17) is 0 Å². The van der Waals surface area contributed by atoms with Gasteiger partial charge in [-0.05, 0) is 20.8 Å². The van der Waals surface area contributed by atoms with Crippen molar-refractivity contribution in [2.24, 2.45) is 0 Å². The van der Waals surface area contributed by atoms with Crippen LogP contribution in [0.25, 0.3) is 0 Å². The lowest BCUT2D eigenvalue weighted by Gasteiger charge is -2.15. The molecule has 0 amide bonds. The molecule has 29 heavy (non-hydrogen) atoms. The Bertz CT molecular complexity index is 979. The summed E-state index contributed by atoms with van der Waals surface area (Å²) in [4.78, 5) is 39.7. The molecule has 0 atom stereocenters. The lowest BCUT2D eigenvalue weighted by atomic mass is 10.2. The van der Waals surface area contributed by atoms with E-state index in [2.05, 4.69) is 0 Å². The normalized spacial score (nSPS) is 11.1. The molecule has 0 radical (unpaired) electrons. The Morgan fingerprint density at radius 2 is 0.690 bits per heavy atom. The van der Waals surface area contributed by atoms with Crippen molar-refractivity contribution in [3.63, 3.8) is 0 Å². The summed E-state index contributed by atoms with van der Waals surface area (Å²) in [6.45, 7) is 5.55. The van der Waals surface area contributed by atoms with Gasteiger partial charge in [0, 0.05) is 16.7 Å². The Hall–Kier alpha value is -3.10. The first-order valence-corrected chi connectivity index (χ1v) is 10.9. The van der Waals surface area contributed by atoms with Gasteiger partial charge in [0.05, 0.1) is 0 Å². The minimum absolute atomic E-state index is 0.0832. The second kappa shape index (κ2) is 8.10. The first kappa shape index (κ1) is 20.6. The molecule has 0 spiro atoms. The standard InChI is InChI=1S/C24H21O4P/c1-16-4-10-19(11-5-16)22(25)29(28,23(26)20-12-6-17(2)7-13-20)24(27)21-14-8-18(3)9-15-21/h4-15H,1-3H3. The summed E-state index contributed by atoms with van der Waals surface area (Å²) in [5.74, 6) is 0. The lowest BCUT2D eigenvalue weighted by Crippen LogP contribution is -2.18. The molecule has 0 saturated carbocycles. The van der Waals surface area contributed by atoms with Gasteiger partial charge in [0.1, 0.15) is 0 Å². The zero-order chi connectivity index (χ0) is 21.2. The number of hydrogen-bond acceptors (Lipinski definition) is 4. The molecule has 0 saturated heterocycles. The third-order valence-corrected chi connectivity index (χ3v) is 7.24. The van der Waals surface area contributed by atoms with Crippen LogP contribution >= 0.6 is 7.14 Å². The van der Waals surface area contributed by atoms with Crippen LogP contribution in [0.15, 0.2) is 72.8 Å². The van der Waals surface area contributed by atoms with Crippen LogP contribution in [-0.4, -0.2) is 16.6 Å². The molecule has 0 N–H and O–H groups in total. The average Bonchev–Trinajstić information content (AvgIpc) is 2.73. The Morgan fingerprint density at radius 1 is 0.483 bits per heavy atom. The van der Waals surface area contributed by atoms with E-state index < -0.39 is 23.7 Å². The summed E-state index contributed by atoms with van der Waals surface area (Å²) >= 11 is 0. The summed E-state index contributed by atoms with van der Waals surface area (Å²) in [5.41, 5.74) is 0.166. The van der Waals surface area contributed by atoms with Crippen molar-refractivity contribution in [2.45, 2.75) is 20.8 Å². The van der Waals surface area contributed by atoms with Crippen molar-refractivity contribution in [3.05, 3.63) is 106 Å². The summed E-state index contributed by atoms with van der Waals surface area (Å²) in [7, 11) is -4.62. The van der Waals surface area contributed by atoms with Gasteiger partial charge in [-0.2, -0.15) is 0 Å². The molecule has 5 heteroatoms. The van der Waals surface area contributed by atoms with E-state index in [-0.39, 0.29) is 16.7 Å². The molecule has 0 aliphatic rings. The molecular formula is C24H21O4P. The van der Waals surface area contributed by atoms with E-state index in [1.807, 2.05) is 20.8 Å². The van der Waals surface area contributed by atoms with Crippen molar-refractivity contribution in [3.8, 4) is 0 Å². The first-order valence-electron chi connectivity index (χ1n) is 9.18. The van der Waals surface area contributed by atoms with Gasteiger partial charge in [-0.3, -0.25) is 18.9 Å². The number of hydrogen-bond donors (Lipinski definition) is 0. The van der Waals surface area contributed by atoms with Crippen LogP contribution in [0.4, 0.5) is 0 Å². The molecule has 0 unspecified atom stereocenters. The summed E-state index contributed by atoms with van der Waals surface area (Å²) < 4.78 is 13.9. The SMILES string of the molecule is Cc1ccc(C(=O)P(=O)(C(=O)c2ccc(C)cc2)C(=O)c2ccc(C)cc2)cc1. The monoisotopic (exact) mass is 404 g/mol. The predicted octanol–water partition coefficient (Wildman–Crippen LogP) is 5.80. The van der Waals surface area contributed by atoms with Crippen molar-refractivity contribution in [1.82, 2.24) is 0 Å². The van der Waals surface area contributed by atoms with Crippen LogP contribution in [-0.2, 0) is 4.57 Å². The highest BCUT2D eigenvalue weighted by Crippen LogP contribution is 2.54. The van der Waals surface area contributed by atoms with Gasteiger partial charge in [0.15, 0.2) is 0 Å². The number of carbonyl (C=O) groups excluding carboxylic acids is 3. The average molecular weight is 404 g/mol. The van der Waals surface area contributed by atoms with Crippen LogP contribution in [0, 0.1) is 20.8 Å². The minimum Gasteiger partial charge on any atom is -0.298 e. The van der Waals surface area contributed by atoms with Crippen LogP contribution in [0.1, 0.15) is 47.8 Å². The topological polar surface area (TPSA) is 68.3 Å². The Balaban J connectivity index is 2.15. The Labute approximate surface area is 170 Å². The van der Waals surface area contributed by atoms with Crippen molar-refractivity contribution < 1.29 is 18.9 Å². The van der Waals surface area contributed by atoms with Crippen LogP contribution < -0.4 is 0 Å². The first-order chi connectivity index (χ1) is 13.7. The van der Waals surface area contributed by atoms with Crippen LogP contribution in [0.5, 0.6) is 0 Å². The van der Waals surface area contributed by atoms with E-state index in [1.165, 1.54) is 36.4 Å². The largest absolute Gasteiger partial charge is 0.298 e. The third kappa shape index (κ3) is 4.03. The van der Waals surface area contributed by atoms with E-state index in [9.17, 15) is 18.9 Å². The molecule has 146 valence electrons. The summed E-state index contributed by atoms with van der Waals surface area (Å²) in [6.07, 6.45) is 0. The Kier molecular flexibility index (Phi) is 5.76. The number of aryl methyl sites for hydroxylation is 3. The quantitative estimate of drug-likeness (QED) is 0.487. The summed E-state index contributed by atoms with van der Waals surface area (Å²) in [5, 5.41) is 0. The molecule has 3 rings (SSSR count). The van der Waals surface area contributed by atoms with Crippen molar-refractivity contribution >= 4 is 23.7 Å². The highest BCUT2D eigenvalue weighted by atomic mass is 31.2. The van der Waals surface area contributed by atoms with E-state index in [1.54, 1.807) is 36.4 Å². The molecule has 0 heterocycles. The lowest BCUT2D eigenvalue weighted by molar-refractivity contribution is 0.100. The number of carbonyl (C=O) groups is 3. The molecule has 3 aromatic rings. The fraction of sp³-hybridized carbons (Fsp3) is 0.125. The summed E-state index contributed by atoms with van der Waals surface area (Å²) in [6, 6.07) is 19.1. The molecule has 3 aromatic carbocycles. The number of benzene rings is 3. The van der Waals surface area contributed by atoms with E-state index >= 15 is 0 Å². The van der Waals surface area contributed by atoms with Crippen molar-refractivity contribution in [1.29, 1.82) is 0 Å². The highest BCUT2D eigenvalue weighted by molar-refractivity contribution is 8.07. The maximum Gasteiger partial charge on any atom is 0.287 e. The molecule has 0 fully saturated rings. The number of rotatable bonds is 6. The van der Waals surface area contributed by atoms with Gasteiger partial charge in [-0.15, -0.1) is 0 Å². The molecule has 0 aliphatic carbocycles. The molecular weight excluding hydrogens is 383 g/mol. The zero-order valence-corrected chi connectivity index (χ0v) is 17.4. The van der Waals surface area contributed by atoms with Crippen LogP contribution in [0.2, 0.25) is 0 Å². The molecule has 0 aromatic heterocycles. The molecule has 0 aliphatic heterocycles.